The summed E-state index contributed by atoms with van der Waals surface area (Å²) >= 11 is 12.0. The number of nitrogens with one attached hydrogen (secondary N) is 2. The molecule has 0 heterocycles. The fourth-order valence-electron chi connectivity index (χ4n) is 1.39. The number of sulfonamides is 1. The Bertz CT molecular complexity index is 472. The van der Waals surface area contributed by atoms with Gasteiger partial charge in [0.1, 0.15) is 0 Å². The second kappa shape index (κ2) is 7.31. The van der Waals surface area contributed by atoms with E-state index in [2.05, 4.69) is 10.0 Å². The van der Waals surface area contributed by atoms with Crippen LogP contribution in [0.2, 0.25) is 10.0 Å². The molecule has 0 aliphatic carbocycles. The molecular weight excluding hydrogens is 295 g/mol. The Hall–Kier alpha value is -0.330. The van der Waals surface area contributed by atoms with Gasteiger partial charge in [-0.2, -0.15) is 0 Å². The first-order valence-electron chi connectivity index (χ1n) is 5.48. The van der Waals surface area contributed by atoms with Crippen LogP contribution in [-0.4, -0.2) is 27.8 Å². The molecule has 0 aromatic heterocycles. The smallest absolute Gasteiger partial charge is 0.208 e. The van der Waals surface area contributed by atoms with E-state index in [-0.39, 0.29) is 0 Å². The average molecular weight is 311 g/mol. The van der Waals surface area contributed by atoms with E-state index in [1.807, 2.05) is 0 Å². The molecule has 0 atom stereocenters. The van der Waals surface area contributed by atoms with Crippen LogP contribution in [-0.2, 0) is 16.6 Å². The van der Waals surface area contributed by atoms with Gasteiger partial charge in [0.25, 0.3) is 0 Å². The third-order valence-corrected chi connectivity index (χ3v) is 3.69. The third kappa shape index (κ3) is 6.02. The van der Waals surface area contributed by atoms with E-state index in [1.54, 1.807) is 18.2 Å². The molecule has 0 aliphatic rings. The highest BCUT2D eigenvalue weighted by Gasteiger charge is 2.04. The molecule has 0 radical (unpaired) electrons. The van der Waals surface area contributed by atoms with Gasteiger partial charge < -0.3 is 5.32 Å². The first-order valence-corrected chi connectivity index (χ1v) is 8.13. The molecule has 102 valence electrons. The van der Waals surface area contributed by atoms with Crippen LogP contribution in [0.3, 0.4) is 0 Å². The SMILES string of the molecule is CS(=O)(=O)NCCCNCc1c(Cl)cccc1Cl. The van der Waals surface area contributed by atoms with Crippen LogP contribution in [0.4, 0.5) is 0 Å². The summed E-state index contributed by atoms with van der Waals surface area (Å²) in [4.78, 5) is 0. The standard InChI is InChI=1S/C11H16Cl2N2O2S/c1-18(16,17)15-7-3-6-14-8-9-10(12)4-2-5-11(9)13/h2,4-5,14-15H,3,6-8H2,1H3. The zero-order valence-corrected chi connectivity index (χ0v) is 12.4. The molecule has 0 amide bonds. The summed E-state index contributed by atoms with van der Waals surface area (Å²) in [7, 11) is -3.10. The number of benzene rings is 1. The molecule has 0 aliphatic heterocycles. The fourth-order valence-corrected chi connectivity index (χ4v) is 2.43. The Morgan fingerprint density at radius 2 is 1.78 bits per heavy atom. The van der Waals surface area contributed by atoms with Crippen LogP contribution in [0.25, 0.3) is 0 Å². The normalized spacial score (nSPS) is 11.7. The minimum absolute atomic E-state index is 0.419. The van der Waals surface area contributed by atoms with Gasteiger partial charge in [0.05, 0.1) is 6.26 Å². The quantitative estimate of drug-likeness (QED) is 0.758. The Morgan fingerprint density at radius 3 is 2.33 bits per heavy atom. The molecule has 0 bridgehead atoms. The summed E-state index contributed by atoms with van der Waals surface area (Å²) in [5.74, 6) is 0. The molecule has 0 saturated heterocycles. The monoisotopic (exact) mass is 310 g/mol. The van der Waals surface area contributed by atoms with Gasteiger partial charge in [-0.25, -0.2) is 13.1 Å². The van der Waals surface area contributed by atoms with Crippen molar-refractivity contribution in [3.63, 3.8) is 0 Å². The Morgan fingerprint density at radius 1 is 1.17 bits per heavy atom. The van der Waals surface area contributed by atoms with E-state index in [1.165, 1.54) is 0 Å². The Balaban J connectivity index is 2.26. The number of rotatable bonds is 7. The first kappa shape index (κ1) is 15.7. The van der Waals surface area contributed by atoms with E-state index in [0.29, 0.717) is 36.1 Å². The number of halogens is 2. The van der Waals surface area contributed by atoms with Crippen molar-refractivity contribution in [1.29, 1.82) is 0 Å². The van der Waals surface area contributed by atoms with Crippen LogP contribution in [0, 0.1) is 0 Å². The summed E-state index contributed by atoms with van der Waals surface area (Å²) in [6.07, 6.45) is 1.85. The van der Waals surface area contributed by atoms with Crippen LogP contribution in [0.5, 0.6) is 0 Å². The lowest BCUT2D eigenvalue weighted by Crippen LogP contribution is -2.26. The molecule has 1 rings (SSSR count). The van der Waals surface area contributed by atoms with Crippen molar-refractivity contribution in [2.75, 3.05) is 19.3 Å². The lowest BCUT2D eigenvalue weighted by molar-refractivity contribution is 0.579. The van der Waals surface area contributed by atoms with Crippen molar-refractivity contribution < 1.29 is 8.42 Å². The van der Waals surface area contributed by atoms with Gasteiger partial charge in [-0.1, -0.05) is 29.3 Å². The van der Waals surface area contributed by atoms with E-state index in [9.17, 15) is 8.42 Å². The minimum Gasteiger partial charge on any atom is -0.313 e. The van der Waals surface area contributed by atoms with Crippen LogP contribution >= 0.6 is 23.2 Å². The van der Waals surface area contributed by atoms with Gasteiger partial charge in [0.2, 0.25) is 10.0 Å². The van der Waals surface area contributed by atoms with Crippen molar-refractivity contribution >= 4 is 33.2 Å². The van der Waals surface area contributed by atoms with Crippen LogP contribution in [0.1, 0.15) is 12.0 Å². The second-order valence-electron chi connectivity index (χ2n) is 3.90. The molecule has 0 saturated carbocycles. The van der Waals surface area contributed by atoms with Crippen LogP contribution < -0.4 is 10.0 Å². The number of hydrogen-bond donors (Lipinski definition) is 2. The van der Waals surface area contributed by atoms with Gasteiger partial charge in [0.15, 0.2) is 0 Å². The third-order valence-electron chi connectivity index (χ3n) is 2.26. The summed E-state index contributed by atoms with van der Waals surface area (Å²) in [5, 5.41) is 4.42. The van der Waals surface area contributed by atoms with Gasteiger partial charge >= 0.3 is 0 Å². The van der Waals surface area contributed by atoms with Crippen molar-refractivity contribution in [2.45, 2.75) is 13.0 Å². The van der Waals surface area contributed by atoms with Crippen molar-refractivity contribution in [3.05, 3.63) is 33.8 Å². The second-order valence-corrected chi connectivity index (χ2v) is 6.54. The molecular formula is C11H16Cl2N2O2S. The van der Waals surface area contributed by atoms with E-state index < -0.39 is 10.0 Å². The highest BCUT2D eigenvalue weighted by Crippen LogP contribution is 2.23. The molecule has 0 spiro atoms. The predicted octanol–water partition coefficient (Wildman–Crippen LogP) is 2.02. The van der Waals surface area contributed by atoms with Gasteiger partial charge in [-0.15, -0.1) is 0 Å². The van der Waals surface area contributed by atoms with Gasteiger partial charge in [-0.05, 0) is 25.1 Å². The molecule has 0 unspecified atom stereocenters. The fraction of sp³-hybridized carbons (Fsp3) is 0.455. The highest BCUT2D eigenvalue weighted by atomic mass is 35.5. The van der Waals surface area contributed by atoms with Crippen molar-refractivity contribution in [3.8, 4) is 0 Å². The lowest BCUT2D eigenvalue weighted by atomic mass is 10.2. The highest BCUT2D eigenvalue weighted by molar-refractivity contribution is 7.88. The molecule has 0 fully saturated rings. The summed E-state index contributed by atoms with van der Waals surface area (Å²) in [6, 6.07) is 5.37. The van der Waals surface area contributed by atoms with E-state index >= 15 is 0 Å². The maximum Gasteiger partial charge on any atom is 0.208 e. The zero-order chi connectivity index (χ0) is 13.6. The molecule has 7 heteroatoms. The average Bonchev–Trinajstić information content (AvgIpc) is 2.25. The predicted molar refractivity (Wildman–Crippen MR) is 75.6 cm³/mol. The van der Waals surface area contributed by atoms with E-state index in [4.69, 9.17) is 23.2 Å². The zero-order valence-electron chi connectivity index (χ0n) is 10.0. The van der Waals surface area contributed by atoms with E-state index in [0.717, 1.165) is 11.8 Å². The maximum absolute atomic E-state index is 10.8. The van der Waals surface area contributed by atoms with Crippen LogP contribution in [0.15, 0.2) is 18.2 Å². The Labute approximate surface area is 118 Å². The van der Waals surface area contributed by atoms with Crippen molar-refractivity contribution in [2.24, 2.45) is 0 Å². The summed E-state index contributed by atoms with van der Waals surface area (Å²) in [6.45, 7) is 1.67. The summed E-state index contributed by atoms with van der Waals surface area (Å²) in [5.41, 5.74) is 0.858. The largest absolute Gasteiger partial charge is 0.313 e. The van der Waals surface area contributed by atoms with Gasteiger partial charge in [-0.3, -0.25) is 0 Å². The minimum atomic E-state index is -3.10. The molecule has 18 heavy (non-hydrogen) atoms. The molecule has 4 nitrogen and oxygen atoms in total. The van der Waals surface area contributed by atoms with Crippen molar-refractivity contribution in [1.82, 2.24) is 10.0 Å². The van der Waals surface area contributed by atoms with Gasteiger partial charge in [0, 0.05) is 28.7 Å². The first-order chi connectivity index (χ1) is 8.40. The topological polar surface area (TPSA) is 58.2 Å². The Kier molecular flexibility index (Phi) is 6.38. The number of hydrogen-bond acceptors (Lipinski definition) is 3. The molecule has 1 aromatic carbocycles. The lowest BCUT2D eigenvalue weighted by Gasteiger charge is -2.08. The molecule has 2 N–H and O–H groups in total. The molecule has 1 aromatic rings. The summed E-state index contributed by atoms with van der Waals surface area (Å²) < 4.78 is 24.0. The maximum atomic E-state index is 10.8.